The van der Waals surface area contributed by atoms with Crippen LogP contribution in [0, 0.1) is 0 Å². The van der Waals surface area contributed by atoms with Crippen molar-refractivity contribution in [3.8, 4) is 0 Å². The van der Waals surface area contributed by atoms with Gasteiger partial charge in [0, 0.05) is 13.1 Å². The molecule has 13 heteroatoms. The number of fused-ring (bicyclic) bond motifs is 1. The van der Waals surface area contributed by atoms with Gasteiger partial charge in [0.05, 0.1) is 24.0 Å². The Morgan fingerprint density at radius 2 is 1.65 bits per heavy atom. The van der Waals surface area contributed by atoms with Crippen molar-refractivity contribution in [2.75, 3.05) is 6.61 Å². The van der Waals surface area contributed by atoms with Gasteiger partial charge in [0.15, 0.2) is 0 Å². The molecular formula is C21H18F6N2O4S. The number of ether oxygens (including phenoxy) is 1. The van der Waals surface area contributed by atoms with E-state index in [1.165, 1.54) is 6.92 Å². The fraction of sp³-hybridized carbons (Fsp3) is 0.381. The summed E-state index contributed by atoms with van der Waals surface area (Å²) in [5.41, 5.74) is -3.49. The molecule has 0 bridgehead atoms. The molecule has 0 aliphatic heterocycles. The Kier molecular flexibility index (Phi) is 7.24. The number of carbonyl (C=O) groups excluding carboxylic acids is 1. The average molecular weight is 508 g/mol. The van der Waals surface area contributed by atoms with Crippen LogP contribution in [0.3, 0.4) is 0 Å². The molecule has 184 valence electrons. The van der Waals surface area contributed by atoms with Crippen molar-refractivity contribution in [3.63, 3.8) is 0 Å². The summed E-state index contributed by atoms with van der Waals surface area (Å²) in [4.78, 5) is 36.6. The van der Waals surface area contributed by atoms with Crippen molar-refractivity contribution < 1.29 is 35.9 Å². The van der Waals surface area contributed by atoms with Gasteiger partial charge in [-0.3, -0.25) is 13.9 Å². The molecule has 6 nitrogen and oxygen atoms in total. The zero-order valence-corrected chi connectivity index (χ0v) is 18.4. The van der Waals surface area contributed by atoms with E-state index >= 15 is 0 Å². The quantitative estimate of drug-likeness (QED) is 0.345. The van der Waals surface area contributed by atoms with Crippen LogP contribution in [0.2, 0.25) is 0 Å². The minimum atomic E-state index is -5.21. The zero-order chi connectivity index (χ0) is 25.3. The number of halogens is 6. The van der Waals surface area contributed by atoms with Crippen LogP contribution in [0.15, 0.2) is 39.9 Å². The fourth-order valence-electron chi connectivity index (χ4n) is 3.39. The number of alkyl halides is 6. The van der Waals surface area contributed by atoms with Crippen LogP contribution in [0.5, 0.6) is 0 Å². The lowest BCUT2D eigenvalue weighted by Gasteiger charge is -2.14. The Morgan fingerprint density at radius 1 is 1.00 bits per heavy atom. The van der Waals surface area contributed by atoms with Gasteiger partial charge in [0.25, 0.3) is 5.56 Å². The number of carbonyl (C=O) groups is 1. The van der Waals surface area contributed by atoms with Crippen LogP contribution in [0.4, 0.5) is 26.3 Å². The van der Waals surface area contributed by atoms with Crippen molar-refractivity contribution in [3.05, 3.63) is 67.2 Å². The Balaban J connectivity index is 2.30. The molecule has 1 aromatic carbocycles. The first kappa shape index (κ1) is 25.5. The van der Waals surface area contributed by atoms with Crippen molar-refractivity contribution in [1.29, 1.82) is 0 Å². The van der Waals surface area contributed by atoms with E-state index in [0.29, 0.717) is 14.7 Å². The molecule has 0 N–H and O–H groups in total. The molecule has 0 aliphatic rings. The van der Waals surface area contributed by atoms with E-state index in [2.05, 4.69) is 4.74 Å². The third kappa shape index (κ3) is 5.34. The van der Waals surface area contributed by atoms with Crippen LogP contribution in [-0.4, -0.2) is 27.9 Å². The molecule has 34 heavy (non-hydrogen) atoms. The SMILES string of the molecule is CCOC(=O)c1sc2c(c1C(F)(F)F)c(=O)n(CCc1ccccc1)c(=O)n2CCC(F)(F)F. The predicted octanol–water partition coefficient (Wildman–Crippen LogP) is 4.62. The number of nitrogens with zero attached hydrogens (tertiary/aromatic N) is 2. The lowest BCUT2D eigenvalue weighted by Crippen LogP contribution is -2.41. The first-order valence-electron chi connectivity index (χ1n) is 10.00. The Hall–Kier alpha value is -3.09. The van der Waals surface area contributed by atoms with Crippen LogP contribution in [-0.2, 0) is 30.4 Å². The normalized spacial score (nSPS) is 12.3. The summed E-state index contributed by atoms with van der Waals surface area (Å²) in [6.45, 7) is -0.309. The maximum Gasteiger partial charge on any atom is 0.418 e. The Labute approximate surface area is 192 Å². The third-order valence-corrected chi connectivity index (χ3v) is 6.08. The van der Waals surface area contributed by atoms with Crippen molar-refractivity contribution in [2.45, 2.75) is 45.2 Å². The number of benzene rings is 1. The molecule has 0 fully saturated rings. The summed E-state index contributed by atoms with van der Waals surface area (Å²) in [7, 11) is 0. The van der Waals surface area contributed by atoms with Gasteiger partial charge in [-0.25, -0.2) is 9.59 Å². The maximum atomic E-state index is 14.0. The number of aromatic nitrogens is 2. The predicted molar refractivity (Wildman–Crippen MR) is 112 cm³/mol. The number of rotatable bonds is 7. The van der Waals surface area contributed by atoms with Gasteiger partial charge >= 0.3 is 24.0 Å². The van der Waals surface area contributed by atoms with E-state index < -0.39 is 63.2 Å². The summed E-state index contributed by atoms with van der Waals surface area (Å²) in [5, 5.41) is -1.03. The van der Waals surface area contributed by atoms with Crippen LogP contribution in [0.1, 0.15) is 34.1 Å². The number of hydrogen-bond donors (Lipinski definition) is 0. The number of aryl methyl sites for hydroxylation is 2. The van der Waals surface area contributed by atoms with E-state index in [9.17, 15) is 40.7 Å². The van der Waals surface area contributed by atoms with Gasteiger partial charge in [-0.05, 0) is 18.9 Å². The first-order valence-corrected chi connectivity index (χ1v) is 10.8. The summed E-state index contributed by atoms with van der Waals surface area (Å²) >= 11 is 0.115. The van der Waals surface area contributed by atoms with E-state index in [0.717, 1.165) is 0 Å². The molecule has 0 unspecified atom stereocenters. The van der Waals surface area contributed by atoms with Crippen molar-refractivity contribution in [1.82, 2.24) is 9.13 Å². The largest absolute Gasteiger partial charge is 0.462 e. The fourth-order valence-corrected chi connectivity index (χ4v) is 4.62. The topological polar surface area (TPSA) is 70.3 Å². The summed E-state index contributed by atoms with van der Waals surface area (Å²) < 4.78 is 86.2. The van der Waals surface area contributed by atoms with Gasteiger partial charge in [-0.1, -0.05) is 30.3 Å². The van der Waals surface area contributed by atoms with Crippen molar-refractivity contribution in [2.24, 2.45) is 0 Å². The maximum absolute atomic E-state index is 14.0. The summed E-state index contributed by atoms with van der Waals surface area (Å²) in [6, 6.07) is 8.39. The molecule has 2 aromatic heterocycles. The van der Waals surface area contributed by atoms with E-state index in [1.807, 2.05) is 0 Å². The molecular weight excluding hydrogens is 490 g/mol. The second kappa shape index (κ2) is 9.65. The average Bonchev–Trinajstić information content (AvgIpc) is 3.15. The van der Waals surface area contributed by atoms with Gasteiger partial charge < -0.3 is 4.74 Å². The molecule has 0 amide bonds. The molecule has 3 aromatic rings. The molecule has 2 heterocycles. The van der Waals surface area contributed by atoms with E-state index in [1.54, 1.807) is 30.3 Å². The lowest BCUT2D eigenvalue weighted by molar-refractivity contribution is -0.137. The standard InChI is InChI=1S/C21H18F6N2O4S/c1-2-33-18(31)15-14(21(25,26)27)13-16(30)28(10-8-12-6-4-3-5-7-12)19(32)29(17(13)34-15)11-9-20(22,23)24/h3-7H,2,8-11H2,1H3. The molecule has 0 atom stereocenters. The second-order valence-electron chi connectivity index (χ2n) is 7.20. The lowest BCUT2D eigenvalue weighted by atomic mass is 10.1. The smallest absolute Gasteiger partial charge is 0.418 e. The van der Waals surface area contributed by atoms with Gasteiger partial charge in [0.1, 0.15) is 9.71 Å². The minimum Gasteiger partial charge on any atom is -0.462 e. The molecule has 0 saturated heterocycles. The van der Waals surface area contributed by atoms with Crippen LogP contribution in [0.25, 0.3) is 10.2 Å². The number of esters is 1. The monoisotopic (exact) mass is 508 g/mol. The third-order valence-electron chi connectivity index (χ3n) is 4.89. The molecule has 0 radical (unpaired) electrons. The van der Waals surface area contributed by atoms with E-state index in [4.69, 9.17) is 0 Å². The van der Waals surface area contributed by atoms with Gasteiger partial charge in [0.2, 0.25) is 0 Å². The van der Waals surface area contributed by atoms with E-state index in [-0.39, 0.29) is 30.9 Å². The highest BCUT2D eigenvalue weighted by Gasteiger charge is 2.42. The number of hydrogen-bond acceptors (Lipinski definition) is 5. The molecule has 3 rings (SSSR count). The summed E-state index contributed by atoms with van der Waals surface area (Å²) in [5.74, 6) is -1.39. The first-order chi connectivity index (χ1) is 15.8. The van der Waals surface area contributed by atoms with Crippen molar-refractivity contribution >= 4 is 27.5 Å². The highest BCUT2D eigenvalue weighted by atomic mass is 32.1. The summed E-state index contributed by atoms with van der Waals surface area (Å²) in [6.07, 6.45) is -11.4. The van der Waals surface area contributed by atoms with Crippen LogP contribution >= 0.6 is 11.3 Å². The molecule has 0 aliphatic carbocycles. The minimum absolute atomic E-state index is 0.0665. The number of thiophene rings is 1. The Bertz CT molecular complexity index is 1310. The highest BCUT2D eigenvalue weighted by Crippen LogP contribution is 2.41. The zero-order valence-electron chi connectivity index (χ0n) is 17.6. The van der Waals surface area contributed by atoms with Crippen LogP contribution < -0.4 is 11.2 Å². The molecule has 0 spiro atoms. The second-order valence-corrected chi connectivity index (χ2v) is 8.20. The van der Waals surface area contributed by atoms with Gasteiger partial charge in [-0.15, -0.1) is 11.3 Å². The molecule has 0 saturated carbocycles. The van der Waals surface area contributed by atoms with Gasteiger partial charge in [-0.2, -0.15) is 26.3 Å². The Morgan fingerprint density at radius 3 is 2.21 bits per heavy atom. The highest BCUT2D eigenvalue weighted by molar-refractivity contribution is 7.20.